The van der Waals surface area contributed by atoms with E-state index in [1.54, 1.807) is 19.1 Å². The second kappa shape index (κ2) is 12.3. The number of fused-ring (bicyclic) bond motifs is 3. The number of phenols is 7. The van der Waals surface area contributed by atoms with E-state index in [2.05, 4.69) is 9.98 Å². The summed E-state index contributed by atoms with van der Waals surface area (Å²) in [6, 6.07) is 7.21. The van der Waals surface area contributed by atoms with Gasteiger partial charge < -0.3 is 45.6 Å². The summed E-state index contributed by atoms with van der Waals surface area (Å²) in [5.74, 6) is -3.74. The van der Waals surface area contributed by atoms with E-state index in [1.807, 2.05) is 0 Å². The van der Waals surface area contributed by atoms with Crippen LogP contribution in [0.1, 0.15) is 28.1 Å². The molecular weight excluding hydrogens is 813 g/mol. The van der Waals surface area contributed by atoms with Gasteiger partial charge in [-0.3, -0.25) is 14.6 Å². The van der Waals surface area contributed by atoms with Crippen LogP contribution in [0, 0.1) is 6.92 Å². The minimum absolute atomic E-state index is 0.00885. The van der Waals surface area contributed by atoms with Crippen LogP contribution in [-0.4, -0.2) is 75.3 Å². The SMILES string of the molecule is Cc1cc(=O)c2c(O)c3c(O)cc(O)c4c5c(O)cc(O)c6c(O)c7c(=O)cc(COCCCc8cc9nc(C%10=NC(C(=O)O)CS%10)sc9cc8O)c8c1c2c(c34)c(c65)c78. The van der Waals surface area contributed by atoms with Gasteiger partial charge in [-0.1, -0.05) is 0 Å². The average molecular weight is 841 g/mol. The lowest BCUT2D eigenvalue weighted by Gasteiger charge is -2.26. The molecule has 0 bridgehead atoms. The first-order valence-corrected chi connectivity index (χ1v) is 20.5. The summed E-state index contributed by atoms with van der Waals surface area (Å²) in [6.07, 6.45) is 0.840. The summed E-state index contributed by atoms with van der Waals surface area (Å²) in [5, 5.41) is 91.8. The zero-order valence-electron chi connectivity index (χ0n) is 31.0. The number of aliphatic carboxylic acids is 1. The molecule has 0 radical (unpaired) electrons. The Morgan fingerprint density at radius 1 is 0.667 bits per heavy atom. The smallest absolute Gasteiger partial charge is 0.329 e. The van der Waals surface area contributed by atoms with Crippen molar-refractivity contribution in [3.8, 4) is 40.2 Å². The molecule has 11 rings (SSSR count). The topological polar surface area (TPSA) is 248 Å². The molecule has 60 heavy (non-hydrogen) atoms. The number of ether oxygens (including phenoxy) is 1. The van der Waals surface area contributed by atoms with E-state index in [4.69, 9.17) is 4.74 Å². The number of rotatable bonds is 8. The zero-order chi connectivity index (χ0) is 41.8. The van der Waals surface area contributed by atoms with Crippen molar-refractivity contribution in [1.29, 1.82) is 0 Å². The van der Waals surface area contributed by atoms with Gasteiger partial charge in [-0.05, 0) is 71.5 Å². The Hall–Kier alpha value is -6.88. The number of benzene rings is 9. The van der Waals surface area contributed by atoms with E-state index in [0.717, 1.165) is 16.8 Å². The number of hydrogen-bond donors (Lipinski definition) is 8. The molecule has 1 aliphatic rings. The maximum Gasteiger partial charge on any atom is 0.329 e. The highest BCUT2D eigenvalue weighted by atomic mass is 32.2. The second-order valence-corrected chi connectivity index (χ2v) is 17.3. The van der Waals surface area contributed by atoms with Crippen LogP contribution < -0.4 is 10.9 Å². The maximum atomic E-state index is 14.2. The van der Waals surface area contributed by atoms with Crippen molar-refractivity contribution < 1.29 is 50.4 Å². The highest BCUT2D eigenvalue weighted by Crippen LogP contribution is 2.60. The number of carboxylic acid groups (broad SMARTS) is 1. The molecule has 298 valence electrons. The number of hydrogen-bond acceptors (Lipinski definition) is 15. The molecule has 9 aromatic carbocycles. The Morgan fingerprint density at radius 2 is 1.23 bits per heavy atom. The van der Waals surface area contributed by atoms with Crippen LogP contribution in [-0.2, 0) is 22.6 Å². The number of carbonyl (C=O) groups is 1. The minimum Gasteiger partial charge on any atom is -0.508 e. The lowest BCUT2D eigenvalue weighted by Crippen LogP contribution is -2.17. The summed E-state index contributed by atoms with van der Waals surface area (Å²) in [6.45, 7) is 1.76. The fourth-order valence-electron chi connectivity index (χ4n) is 9.45. The van der Waals surface area contributed by atoms with Crippen LogP contribution in [0.2, 0.25) is 0 Å². The normalized spacial score (nSPS) is 14.9. The third kappa shape index (κ3) is 4.65. The molecule has 1 aliphatic heterocycles. The van der Waals surface area contributed by atoms with Gasteiger partial charge >= 0.3 is 5.97 Å². The average Bonchev–Trinajstić information content (AvgIpc) is 3.85. The number of nitrogens with zero attached hydrogens (tertiary/aromatic N) is 2. The van der Waals surface area contributed by atoms with Gasteiger partial charge in [0.2, 0.25) is 0 Å². The van der Waals surface area contributed by atoms with Gasteiger partial charge in [-0.25, -0.2) is 9.78 Å². The Bertz CT molecular complexity index is 3710. The third-order valence-electron chi connectivity index (χ3n) is 11.8. The fraction of sp³-hybridized carbons (Fsp3) is 0.159. The molecule has 10 aromatic rings. The summed E-state index contributed by atoms with van der Waals surface area (Å²) < 4.78 is 6.92. The van der Waals surface area contributed by atoms with Crippen molar-refractivity contribution in [2.75, 3.05) is 12.4 Å². The van der Waals surface area contributed by atoms with Crippen molar-refractivity contribution in [1.82, 2.24) is 4.98 Å². The van der Waals surface area contributed by atoms with E-state index >= 15 is 0 Å². The molecule has 1 aromatic heterocycles. The number of aromatic nitrogens is 1. The van der Waals surface area contributed by atoms with E-state index in [-0.39, 0.29) is 83.6 Å². The highest BCUT2D eigenvalue weighted by molar-refractivity contribution is 8.15. The summed E-state index contributed by atoms with van der Waals surface area (Å²) in [5.41, 5.74) is 0.965. The standard InChI is InChI=1S/C44H28N2O12S2/c1-13-5-19(48)30-34-26(13)27-15(11-58-4-2-3-14-6-16-25(10-18(14)47)60-43(45-16)42-46-17(12-59-42)44(56)57)7-20(49)31-35(27)39-37-29(22(51)9-24(53)33(37)41(31)55)28-21(50)8-23(52)32(40(30)54)36(28)38(34)39/h5-10,17,47,50-55H,2-4,11-12H2,1H3,(H,56,57). The summed E-state index contributed by atoms with van der Waals surface area (Å²) in [4.78, 5) is 48.3. The molecule has 2 heterocycles. The number of aliphatic imine (C=N–C) groups is 1. The van der Waals surface area contributed by atoms with Crippen LogP contribution in [0.15, 0.2) is 51.0 Å². The van der Waals surface area contributed by atoms with E-state index in [0.29, 0.717) is 61.6 Å². The van der Waals surface area contributed by atoms with Crippen molar-refractivity contribution in [2.24, 2.45) is 4.99 Å². The van der Waals surface area contributed by atoms with Gasteiger partial charge in [-0.2, -0.15) is 0 Å². The number of carboxylic acids is 1. The number of phenolic OH excluding ortho intramolecular Hbond substituents is 7. The molecule has 8 N–H and O–H groups in total. The summed E-state index contributed by atoms with van der Waals surface area (Å²) >= 11 is 2.64. The summed E-state index contributed by atoms with van der Waals surface area (Å²) in [7, 11) is 0. The number of aryl methyl sites for hydroxylation is 2. The van der Waals surface area contributed by atoms with Gasteiger partial charge in [0, 0.05) is 67.6 Å². The lowest BCUT2D eigenvalue weighted by atomic mass is 9.77. The Morgan fingerprint density at radius 3 is 1.85 bits per heavy atom. The largest absolute Gasteiger partial charge is 0.508 e. The van der Waals surface area contributed by atoms with Crippen LogP contribution in [0.3, 0.4) is 0 Å². The van der Waals surface area contributed by atoms with Crippen molar-refractivity contribution in [3.63, 3.8) is 0 Å². The Balaban J connectivity index is 1.05. The first kappa shape index (κ1) is 36.2. The van der Waals surface area contributed by atoms with E-state index < -0.39 is 57.4 Å². The second-order valence-electron chi connectivity index (χ2n) is 15.2. The number of thiazole rings is 1. The van der Waals surface area contributed by atoms with Gasteiger partial charge in [-0.15, -0.1) is 23.1 Å². The number of thioether (sulfide) groups is 1. The van der Waals surface area contributed by atoms with Crippen LogP contribution >= 0.6 is 23.1 Å². The zero-order valence-corrected chi connectivity index (χ0v) is 32.6. The molecule has 1 unspecified atom stereocenters. The molecule has 0 spiro atoms. The van der Waals surface area contributed by atoms with E-state index in [9.17, 15) is 55.2 Å². The molecule has 14 nitrogen and oxygen atoms in total. The van der Waals surface area contributed by atoms with E-state index in [1.165, 1.54) is 35.2 Å². The predicted molar refractivity (Wildman–Crippen MR) is 231 cm³/mol. The molecule has 0 saturated heterocycles. The maximum absolute atomic E-state index is 14.2. The van der Waals surface area contributed by atoms with Crippen LogP contribution in [0.25, 0.3) is 85.6 Å². The minimum atomic E-state index is -0.996. The molecule has 0 aliphatic carbocycles. The predicted octanol–water partition coefficient (Wildman–Crippen LogP) is 7.18. The molecule has 0 amide bonds. The van der Waals surface area contributed by atoms with Gasteiger partial charge in [0.1, 0.15) is 50.3 Å². The molecule has 16 heteroatoms. The Kier molecular flexibility index (Phi) is 7.44. The van der Waals surface area contributed by atoms with Gasteiger partial charge in [0.25, 0.3) is 0 Å². The van der Waals surface area contributed by atoms with Gasteiger partial charge in [0.05, 0.1) is 38.4 Å². The first-order chi connectivity index (χ1) is 28.7. The fourth-order valence-corrected chi connectivity index (χ4v) is 11.5. The number of aromatic hydroxyl groups is 7. The van der Waals surface area contributed by atoms with Gasteiger partial charge in [0.15, 0.2) is 16.9 Å². The van der Waals surface area contributed by atoms with Crippen molar-refractivity contribution in [2.45, 2.75) is 32.4 Å². The first-order valence-electron chi connectivity index (χ1n) is 18.7. The highest BCUT2D eigenvalue weighted by Gasteiger charge is 2.34. The van der Waals surface area contributed by atoms with Crippen molar-refractivity contribution in [3.05, 3.63) is 78.5 Å². The third-order valence-corrected chi connectivity index (χ3v) is 14.0. The van der Waals surface area contributed by atoms with Crippen LogP contribution in [0.5, 0.6) is 40.2 Å². The molecule has 0 saturated carbocycles. The van der Waals surface area contributed by atoms with Crippen LogP contribution in [0.4, 0.5) is 0 Å². The molecule has 0 fully saturated rings. The monoisotopic (exact) mass is 840 g/mol. The lowest BCUT2D eigenvalue weighted by molar-refractivity contribution is -0.137. The molecule has 1 atom stereocenters. The molecular formula is C44H28N2O12S2. The quantitative estimate of drug-likeness (QED) is 0.0429. The van der Waals surface area contributed by atoms with Crippen molar-refractivity contribution >= 4 is 120 Å². The Labute approximate surface area is 342 Å².